The molecule has 1 aromatic heterocycles. The summed E-state index contributed by atoms with van der Waals surface area (Å²) in [5.74, 6) is 0.0534. The monoisotopic (exact) mass is 572 g/mol. The van der Waals surface area contributed by atoms with Crippen molar-refractivity contribution in [2.45, 2.75) is 64.0 Å². The lowest BCUT2D eigenvalue weighted by Crippen LogP contribution is -2.49. The van der Waals surface area contributed by atoms with Crippen molar-refractivity contribution in [1.29, 1.82) is 0 Å². The smallest absolute Gasteiger partial charge is 0.240 e. The zero-order chi connectivity index (χ0) is 29.5. The summed E-state index contributed by atoms with van der Waals surface area (Å²) in [6, 6.07) is 12.6. The van der Waals surface area contributed by atoms with E-state index in [1.165, 1.54) is 0 Å². The average Bonchev–Trinajstić information content (AvgIpc) is 3.71. The average molecular weight is 573 g/mol. The van der Waals surface area contributed by atoms with Crippen molar-refractivity contribution >= 4 is 17.6 Å². The van der Waals surface area contributed by atoms with Gasteiger partial charge < -0.3 is 29.3 Å². The molecule has 3 aliphatic rings. The normalized spacial score (nSPS) is 23.6. The number of nitrogens with two attached hydrogens (primary N) is 1. The standard InChI is InChI=1S/C33H36N2O7/c1-18-15-24(19(2)42-18)31(36)28-27(20-9-12-23(39-3)13-10-20)30(32(34)37)35(33(38)21-7-5-4-6-8-21)29(28)22-11-14-25-26(16-22)41-17-40-25/h9-16,21,27-30H,4-8,17H2,1-3H3,(H2,34,37). The predicted molar refractivity (Wildman–Crippen MR) is 153 cm³/mol. The van der Waals surface area contributed by atoms with Crippen LogP contribution in [0.4, 0.5) is 0 Å². The van der Waals surface area contributed by atoms with E-state index < -0.39 is 29.8 Å². The molecule has 0 radical (unpaired) electrons. The first-order valence-corrected chi connectivity index (χ1v) is 14.5. The lowest BCUT2D eigenvalue weighted by atomic mass is 9.76. The molecular formula is C33H36N2O7. The molecule has 0 bridgehead atoms. The number of aryl methyl sites for hydroxylation is 2. The van der Waals surface area contributed by atoms with Gasteiger partial charge in [0.15, 0.2) is 17.3 Å². The molecule has 4 atom stereocenters. The fourth-order valence-electron chi connectivity index (χ4n) is 7.10. The summed E-state index contributed by atoms with van der Waals surface area (Å²) >= 11 is 0. The molecule has 9 heteroatoms. The number of likely N-dealkylation sites (tertiary alicyclic amines) is 1. The van der Waals surface area contributed by atoms with E-state index in [2.05, 4.69) is 0 Å². The van der Waals surface area contributed by atoms with Crippen LogP contribution < -0.4 is 19.9 Å². The van der Waals surface area contributed by atoms with Crippen molar-refractivity contribution in [3.63, 3.8) is 0 Å². The number of carbonyl (C=O) groups excluding carboxylic acids is 3. The Bertz CT molecular complexity index is 1510. The van der Waals surface area contributed by atoms with E-state index >= 15 is 0 Å². The van der Waals surface area contributed by atoms with Crippen LogP contribution >= 0.6 is 0 Å². The molecule has 2 fully saturated rings. The second kappa shape index (κ2) is 11.2. The van der Waals surface area contributed by atoms with Crippen LogP contribution in [0.25, 0.3) is 0 Å². The molecule has 0 spiro atoms. The van der Waals surface area contributed by atoms with Crippen molar-refractivity contribution in [2.24, 2.45) is 17.6 Å². The van der Waals surface area contributed by atoms with Gasteiger partial charge in [-0.2, -0.15) is 0 Å². The summed E-state index contributed by atoms with van der Waals surface area (Å²) < 4.78 is 22.4. The van der Waals surface area contributed by atoms with Crippen molar-refractivity contribution in [3.8, 4) is 17.2 Å². The summed E-state index contributed by atoms with van der Waals surface area (Å²) in [7, 11) is 1.58. The number of furan rings is 1. The molecule has 1 aliphatic carbocycles. The topological polar surface area (TPSA) is 121 Å². The van der Waals surface area contributed by atoms with Gasteiger partial charge in [0.05, 0.1) is 24.6 Å². The number of primary amides is 1. The van der Waals surface area contributed by atoms with E-state index in [1.807, 2.05) is 24.3 Å². The van der Waals surface area contributed by atoms with Gasteiger partial charge in [-0.05, 0) is 68.1 Å². The number of nitrogens with zero attached hydrogens (tertiary/aromatic N) is 1. The van der Waals surface area contributed by atoms with Crippen LogP contribution in [0.1, 0.15) is 77.1 Å². The van der Waals surface area contributed by atoms with Crippen molar-refractivity contribution in [2.75, 3.05) is 13.9 Å². The minimum Gasteiger partial charge on any atom is -0.497 e. The number of Topliss-reactive ketones (excluding diaryl/α,β-unsaturated/α-hetero) is 1. The van der Waals surface area contributed by atoms with Gasteiger partial charge in [0.25, 0.3) is 0 Å². The lowest BCUT2D eigenvalue weighted by Gasteiger charge is -2.35. The first-order chi connectivity index (χ1) is 20.3. The minimum atomic E-state index is -1.05. The highest BCUT2D eigenvalue weighted by molar-refractivity contribution is 6.02. The zero-order valence-electron chi connectivity index (χ0n) is 24.1. The third kappa shape index (κ3) is 4.80. The molecule has 4 unspecified atom stereocenters. The number of hydrogen-bond donors (Lipinski definition) is 1. The Labute approximate surface area is 244 Å². The maximum absolute atomic E-state index is 14.7. The van der Waals surface area contributed by atoms with E-state index in [0.29, 0.717) is 39.9 Å². The Morgan fingerprint density at radius 3 is 2.24 bits per heavy atom. The molecule has 2 amide bonds. The third-order valence-electron chi connectivity index (χ3n) is 9.02. The van der Waals surface area contributed by atoms with Gasteiger partial charge in [-0.25, -0.2) is 0 Å². The highest BCUT2D eigenvalue weighted by Gasteiger charge is 2.58. The summed E-state index contributed by atoms with van der Waals surface area (Å²) in [4.78, 5) is 44.3. The number of amides is 2. The molecule has 1 saturated heterocycles. The SMILES string of the molecule is COc1ccc(C2C(C(=O)c3cc(C)oc3C)C(c3ccc4c(c3)OCO4)N(C(=O)C3CCCCC3)C2C(N)=O)cc1. The lowest BCUT2D eigenvalue weighted by molar-refractivity contribution is -0.144. The Balaban J connectivity index is 1.57. The van der Waals surface area contributed by atoms with Gasteiger partial charge in [-0.1, -0.05) is 37.5 Å². The van der Waals surface area contributed by atoms with Gasteiger partial charge in [0.2, 0.25) is 18.6 Å². The van der Waals surface area contributed by atoms with Gasteiger partial charge in [0, 0.05) is 11.8 Å². The van der Waals surface area contributed by atoms with Crippen LogP contribution in [0, 0.1) is 25.7 Å². The third-order valence-corrected chi connectivity index (χ3v) is 9.02. The Morgan fingerprint density at radius 1 is 0.905 bits per heavy atom. The van der Waals surface area contributed by atoms with Crippen LogP contribution in [0.3, 0.4) is 0 Å². The van der Waals surface area contributed by atoms with Crippen LogP contribution in [-0.2, 0) is 9.59 Å². The van der Waals surface area contributed by atoms with Gasteiger partial charge >= 0.3 is 0 Å². The maximum atomic E-state index is 14.7. The molecule has 9 nitrogen and oxygen atoms in total. The van der Waals surface area contributed by atoms with E-state index in [-0.39, 0.29) is 24.4 Å². The highest BCUT2D eigenvalue weighted by Crippen LogP contribution is 2.53. The summed E-state index contributed by atoms with van der Waals surface area (Å²) in [6.07, 6.45) is 4.43. The molecular weight excluding hydrogens is 536 g/mol. The second-order valence-corrected chi connectivity index (χ2v) is 11.5. The largest absolute Gasteiger partial charge is 0.497 e. The van der Waals surface area contributed by atoms with Gasteiger partial charge in [0.1, 0.15) is 23.3 Å². The Kier molecular flexibility index (Phi) is 7.43. The molecule has 2 aromatic carbocycles. The molecule has 220 valence electrons. The molecule has 2 N–H and O–H groups in total. The van der Waals surface area contributed by atoms with E-state index in [0.717, 1.165) is 37.7 Å². The van der Waals surface area contributed by atoms with E-state index in [4.69, 9.17) is 24.4 Å². The van der Waals surface area contributed by atoms with E-state index in [1.54, 1.807) is 50.1 Å². The molecule has 3 heterocycles. The van der Waals surface area contributed by atoms with Crippen molar-refractivity contribution in [3.05, 3.63) is 76.7 Å². The van der Waals surface area contributed by atoms with Crippen LogP contribution in [0.5, 0.6) is 17.2 Å². The first-order valence-electron chi connectivity index (χ1n) is 14.5. The number of ether oxygens (including phenoxy) is 3. The Morgan fingerprint density at radius 2 is 1.60 bits per heavy atom. The number of ketones is 1. The summed E-state index contributed by atoms with van der Waals surface area (Å²) in [5.41, 5.74) is 8.01. The summed E-state index contributed by atoms with van der Waals surface area (Å²) in [5, 5.41) is 0. The fourth-order valence-corrected chi connectivity index (χ4v) is 7.10. The number of methoxy groups -OCH3 is 1. The molecule has 3 aromatic rings. The number of fused-ring (bicyclic) bond motifs is 1. The molecule has 2 aliphatic heterocycles. The number of carbonyl (C=O) groups is 3. The zero-order valence-corrected chi connectivity index (χ0v) is 24.1. The second-order valence-electron chi connectivity index (χ2n) is 11.5. The first kappa shape index (κ1) is 27.9. The molecule has 6 rings (SSSR count). The fraction of sp³-hybridized carbons (Fsp3) is 0.424. The highest BCUT2D eigenvalue weighted by atomic mass is 16.7. The number of benzene rings is 2. The summed E-state index contributed by atoms with van der Waals surface area (Å²) in [6.45, 7) is 3.63. The predicted octanol–water partition coefficient (Wildman–Crippen LogP) is 5.23. The van der Waals surface area contributed by atoms with E-state index in [9.17, 15) is 14.4 Å². The van der Waals surface area contributed by atoms with Crippen LogP contribution in [0.15, 0.2) is 52.9 Å². The minimum absolute atomic E-state index is 0.0857. The van der Waals surface area contributed by atoms with Gasteiger partial charge in [-0.3, -0.25) is 14.4 Å². The van der Waals surface area contributed by atoms with Crippen LogP contribution in [0.2, 0.25) is 0 Å². The van der Waals surface area contributed by atoms with Gasteiger partial charge in [-0.15, -0.1) is 0 Å². The quantitative estimate of drug-likeness (QED) is 0.385. The van der Waals surface area contributed by atoms with Crippen LogP contribution in [-0.4, -0.2) is 42.4 Å². The van der Waals surface area contributed by atoms with Crippen molar-refractivity contribution in [1.82, 2.24) is 4.90 Å². The maximum Gasteiger partial charge on any atom is 0.240 e. The number of rotatable bonds is 7. The van der Waals surface area contributed by atoms with Crippen molar-refractivity contribution < 1.29 is 33.0 Å². The Hall–Kier alpha value is -4.27. The molecule has 42 heavy (non-hydrogen) atoms. The molecule has 1 saturated carbocycles. The number of hydrogen-bond acceptors (Lipinski definition) is 7.